The molecule has 0 N–H and O–H groups in total. The van der Waals surface area contributed by atoms with Gasteiger partial charge in [-0.25, -0.2) is 0 Å². The minimum absolute atomic E-state index is 0.144. The lowest BCUT2D eigenvalue weighted by molar-refractivity contribution is -0.175. The molecule has 2 aromatic rings. The monoisotopic (exact) mass is 379 g/mol. The molecular formula is C24H29NO3. The highest BCUT2D eigenvalue weighted by molar-refractivity contribution is 5.96. The van der Waals surface area contributed by atoms with Gasteiger partial charge in [0.15, 0.2) is 5.78 Å². The number of esters is 1. The fraction of sp³-hybridized carbons (Fsp3) is 0.417. The van der Waals surface area contributed by atoms with E-state index < -0.39 is 5.60 Å². The molecule has 1 heterocycles. The molecule has 0 unspecified atom stereocenters. The summed E-state index contributed by atoms with van der Waals surface area (Å²) in [6.07, 6.45) is 1.61. The van der Waals surface area contributed by atoms with Crippen molar-refractivity contribution >= 4 is 11.8 Å². The summed E-state index contributed by atoms with van der Waals surface area (Å²) >= 11 is 0. The van der Waals surface area contributed by atoms with Crippen LogP contribution in [0.15, 0.2) is 60.7 Å². The van der Waals surface area contributed by atoms with Crippen molar-refractivity contribution in [3.8, 4) is 0 Å². The number of carbonyl (C=O) groups is 2. The largest absolute Gasteiger partial charge is 0.454 e. The predicted octanol–water partition coefficient (Wildman–Crippen LogP) is 4.45. The molecule has 1 fully saturated rings. The van der Waals surface area contributed by atoms with E-state index in [4.69, 9.17) is 4.74 Å². The Morgan fingerprint density at radius 1 is 1.07 bits per heavy atom. The van der Waals surface area contributed by atoms with E-state index in [-0.39, 0.29) is 17.7 Å². The zero-order chi connectivity index (χ0) is 20.0. The molecule has 0 spiro atoms. The Labute approximate surface area is 167 Å². The van der Waals surface area contributed by atoms with Gasteiger partial charge < -0.3 is 9.64 Å². The van der Waals surface area contributed by atoms with Gasteiger partial charge >= 0.3 is 5.97 Å². The fourth-order valence-corrected chi connectivity index (χ4v) is 4.06. The molecule has 0 aromatic heterocycles. The van der Waals surface area contributed by atoms with Crippen molar-refractivity contribution in [3.63, 3.8) is 0 Å². The average molecular weight is 380 g/mol. The second-order valence-corrected chi connectivity index (χ2v) is 7.57. The number of piperidine rings is 1. The Hall–Kier alpha value is -2.46. The zero-order valence-electron chi connectivity index (χ0n) is 16.8. The number of likely N-dealkylation sites (tertiary alicyclic amines) is 1. The van der Waals surface area contributed by atoms with E-state index in [1.807, 2.05) is 67.6 Å². The van der Waals surface area contributed by atoms with Crippen LogP contribution >= 0.6 is 0 Å². The normalized spacial score (nSPS) is 22.6. The van der Waals surface area contributed by atoms with Crippen molar-refractivity contribution in [1.29, 1.82) is 0 Å². The van der Waals surface area contributed by atoms with Crippen molar-refractivity contribution in [2.24, 2.45) is 5.92 Å². The number of ketones is 1. The molecular weight excluding hydrogens is 350 g/mol. The number of carbonyl (C=O) groups excluding carboxylic acids is 2. The summed E-state index contributed by atoms with van der Waals surface area (Å²) in [7, 11) is 0. The van der Waals surface area contributed by atoms with Crippen molar-refractivity contribution in [1.82, 2.24) is 4.90 Å². The third-order valence-electron chi connectivity index (χ3n) is 5.73. The van der Waals surface area contributed by atoms with E-state index in [1.54, 1.807) is 0 Å². The van der Waals surface area contributed by atoms with Crippen molar-refractivity contribution in [3.05, 3.63) is 71.8 Å². The summed E-state index contributed by atoms with van der Waals surface area (Å²) in [5, 5.41) is 0. The smallest absolute Gasteiger partial charge is 0.306 e. The highest BCUT2D eigenvalue weighted by Crippen LogP contribution is 2.41. The Morgan fingerprint density at radius 2 is 1.71 bits per heavy atom. The number of rotatable bonds is 7. The maximum atomic E-state index is 12.4. The van der Waals surface area contributed by atoms with Crippen LogP contribution in [-0.4, -0.2) is 36.3 Å². The van der Waals surface area contributed by atoms with Crippen molar-refractivity contribution in [2.75, 3.05) is 19.6 Å². The first-order valence-corrected chi connectivity index (χ1v) is 10.1. The first-order chi connectivity index (χ1) is 13.5. The molecule has 4 nitrogen and oxygen atoms in total. The first kappa shape index (κ1) is 20.3. The maximum Gasteiger partial charge on any atom is 0.306 e. The third-order valence-corrected chi connectivity index (χ3v) is 5.73. The fourth-order valence-electron chi connectivity index (χ4n) is 4.06. The van der Waals surface area contributed by atoms with Crippen LogP contribution in [0.25, 0.3) is 0 Å². The third kappa shape index (κ3) is 4.50. The highest BCUT2D eigenvalue weighted by atomic mass is 16.6. The Balaban J connectivity index is 1.67. The molecule has 148 valence electrons. The van der Waals surface area contributed by atoms with Gasteiger partial charge in [-0.3, -0.25) is 9.59 Å². The molecule has 1 saturated heterocycles. The standard InChI is InChI=1S/C24H29NO3/c1-3-23(27)28-24(21-12-8-5-9-13-21)15-17-25(18-19(24)2)16-14-22(26)20-10-6-4-7-11-20/h4-13,19H,3,14-18H2,1-2H3/t19-,24+/m0/s1. The molecule has 0 amide bonds. The highest BCUT2D eigenvalue weighted by Gasteiger charge is 2.45. The molecule has 0 radical (unpaired) electrons. The van der Waals surface area contributed by atoms with Crippen LogP contribution in [0.2, 0.25) is 0 Å². The van der Waals surface area contributed by atoms with Crippen LogP contribution in [0, 0.1) is 5.92 Å². The van der Waals surface area contributed by atoms with Crippen molar-refractivity contribution in [2.45, 2.75) is 38.7 Å². The molecule has 2 atom stereocenters. The van der Waals surface area contributed by atoms with Gasteiger partial charge in [0.05, 0.1) is 0 Å². The van der Waals surface area contributed by atoms with Crippen LogP contribution in [-0.2, 0) is 15.1 Å². The first-order valence-electron chi connectivity index (χ1n) is 10.1. The number of Topliss-reactive ketones (excluding diaryl/α,β-unsaturated/α-hetero) is 1. The molecule has 4 heteroatoms. The van der Waals surface area contributed by atoms with Gasteiger partial charge in [0.1, 0.15) is 5.60 Å². The summed E-state index contributed by atoms with van der Waals surface area (Å²) in [6, 6.07) is 19.5. The van der Waals surface area contributed by atoms with Gasteiger partial charge in [0.2, 0.25) is 0 Å². The summed E-state index contributed by atoms with van der Waals surface area (Å²) in [5.74, 6) is 0.153. The van der Waals surface area contributed by atoms with E-state index in [0.717, 1.165) is 37.2 Å². The van der Waals surface area contributed by atoms with E-state index >= 15 is 0 Å². The number of ether oxygens (including phenoxy) is 1. The van der Waals surface area contributed by atoms with E-state index in [9.17, 15) is 9.59 Å². The molecule has 0 aliphatic carbocycles. The lowest BCUT2D eigenvalue weighted by Gasteiger charge is -2.46. The summed E-state index contributed by atoms with van der Waals surface area (Å²) in [5.41, 5.74) is 1.24. The van der Waals surface area contributed by atoms with Crippen LogP contribution in [0.1, 0.15) is 49.0 Å². The zero-order valence-corrected chi connectivity index (χ0v) is 16.8. The quantitative estimate of drug-likeness (QED) is 0.527. The Kier molecular flexibility index (Phi) is 6.63. The molecule has 1 aliphatic rings. The number of benzene rings is 2. The van der Waals surface area contributed by atoms with Gasteiger partial charge in [0, 0.05) is 50.4 Å². The molecule has 2 aromatic carbocycles. The van der Waals surface area contributed by atoms with Gasteiger partial charge in [-0.2, -0.15) is 0 Å². The topological polar surface area (TPSA) is 46.6 Å². The minimum Gasteiger partial charge on any atom is -0.454 e. The maximum absolute atomic E-state index is 12.4. The SMILES string of the molecule is CCC(=O)O[C@]1(c2ccccc2)CCN(CCC(=O)c2ccccc2)C[C@@H]1C. The van der Waals surface area contributed by atoms with Crippen LogP contribution in [0.3, 0.4) is 0 Å². The van der Waals surface area contributed by atoms with Gasteiger partial charge in [-0.15, -0.1) is 0 Å². The second kappa shape index (κ2) is 9.16. The second-order valence-electron chi connectivity index (χ2n) is 7.57. The number of hydrogen-bond acceptors (Lipinski definition) is 4. The summed E-state index contributed by atoms with van der Waals surface area (Å²) < 4.78 is 6.04. The molecule has 0 bridgehead atoms. The average Bonchev–Trinajstić information content (AvgIpc) is 2.75. The lowest BCUT2D eigenvalue weighted by Crippen LogP contribution is -2.51. The van der Waals surface area contributed by atoms with Gasteiger partial charge in [-0.1, -0.05) is 74.5 Å². The Bertz CT molecular complexity index is 790. The number of nitrogens with zero attached hydrogens (tertiary/aromatic N) is 1. The van der Waals surface area contributed by atoms with Crippen molar-refractivity contribution < 1.29 is 14.3 Å². The van der Waals surface area contributed by atoms with E-state index in [1.165, 1.54) is 0 Å². The lowest BCUT2D eigenvalue weighted by atomic mass is 9.76. The minimum atomic E-state index is -0.589. The van der Waals surface area contributed by atoms with Crippen LogP contribution < -0.4 is 0 Å². The molecule has 0 saturated carbocycles. The van der Waals surface area contributed by atoms with E-state index in [2.05, 4.69) is 11.8 Å². The predicted molar refractivity (Wildman–Crippen MR) is 110 cm³/mol. The van der Waals surface area contributed by atoms with Gasteiger partial charge in [0.25, 0.3) is 0 Å². The molecule has 3 rings (SSSR count). The van der Waals surface area contributed by atoms with Crippen LogP contribution in [0.5, 0.6) is 0 Å². The van der Waals surface area contributed by atoms with E-state index in [0.29, 0.717) is 12.8 Å². The number of hydrogen-bond donors (Lipinski definition) is 0. The molecule has 1 aliphatic heterocycles. The summed E-state index contributed by atoms with van der Waals surface area (Å²) in [6.45, 7) is 6.30. The van der Waals surface area contributed by atoms with Gasteiger partial charge in [-0.05, 0) is 5.56 Å². The van der Waals surface area contributed by atoms with Crippen LogP contribution in [0.4, 0.5) is 0 Å². The summed E-state index contributed by atoms with van der Waals surface area (Å²) in [4.78, 5) is 26.9. The Morgan fingerprint density at radius 3 is 2.32 bits per heavy atom. The molecule has 28 heavy (non-hydrogen) atoms.